The number of hydrogen-bond donors (Lipinski definition) is 1. The van der Waals surface area contributed by atoms with Gasteiger partial charge in [-0.1, -0.05) is 36.4 Å². The second-order valence-corrected chi connectivity index (χ2v) is 9.83. The van der Waals surface area contributed by atoms with E-state index in [4.69, 9.17) is 0 Å². The molecule has 3 aromatic rings. The number of benzene rings is 2. The van der Waals surface area contributed by atoms with Crippen LogP contribution in [0.5, 0.6) is 0 Å². The van der Waals surface area contributed by atoms with Crippen molar-refractivity contribution in [3.63, 3.8) is 0 Å². The van der Waals surface area contributed by atoms with Gasteiger partial charge in [0.05, 0.1) is 5.56 Å². The number of pyridine rings is 1. The molecule has 0 atom stereocenters. The first-order chi connectivity index (χ1) is 18.0. The van der Waals surface area contributed by atoms with Crippen LogP contribution in [0.1, 0.15) is 65.5 Å². The Morgan fingerprint density at radius 3 is 2.34 bits per heavy atom. The van der Waals surface area contributed by atoms with Gasteiger partial charge in [-0.05, 0) is 56.0 Å². The molecular weight excluding hydrogens is 495 g/mol. The summed E-state index contributed by atoms with van der Waals surface area (Å²) in [4.78, 5) is 40.2. The number of likely N-dealkylation sites (tertiary alicyclic amines) is 1. The van der Waals surface area contributed by atoms with Crippen molar-refractivity contribution in [2.45, 2.75) is 58.9 Å². The number of carbonyl (C=O) groups excluding carboxylic acids is 2. The first-order valence-corrected chi connectivity index (χ1v) is 12.5. The Bertz CT molecular complexity index is 1410. The smallest absolute Gasteiger partial charge is 0.348 e. The zero-order valence-electron chi connectivity index (χ0n) is 21.6. The van der Waals surface area contributed by atoms with E-state index in [9.17, 15) is 27.6 Å². The Morgan fingerprint density at radius 2 is 1.74 bits per heavy atom. The van der Waals surface area contributed by atoms with Crippen LogP contribution in [-0.2, 0) is 24.1 Å². The van der Waals surface area contributed by atoms with E-state index >= 15 is 0 Å². The van der Waals surface area contributed by atoms with Gasteiger partial charge in [-0.25, -0.2) is 0 Å². The average molecular weight is 526 g/mol. The van der Waals surface area contributed by atoms with Crippen molar-refractivity contribution < 1.29 is 22.8 Å². The molecule has 200 valence electrons. The molecule has 1 aromatic heterocycles. The molecule has 0 spiro atoms. The highest BCUT2D eigenvalue weighted by atomic mass is 19.4. The van der Waals surface area contributed by atoms with Gasteiger partial charge in [-0.2, -0.15) is 13.2 Å². The third kappa shape index (κ3) is 5.82. The molecule has 2 amide bonds. The number of alkyl halides is 3. The van der Waals surface area contributed by atoms with Crippen LogP contribution in [0.15, 0.2) is 59.5 Å². The van der Waals surface area contributed by atoms with Crippen molar-refractivity contribution in [3.8, 4) is 11.1 Å². The number of carbonyl (C=O) groups is 2. The molecule has 0 bridgehead atoms. The van der Waals surface area contributed by atoms with Gasteiger partial charge in [0, 0.05) is 49.6 Å². The number of rotatable bonds is 7. The van der Waals surface area contributed by atoms with Crippen molar-refractivity contribution in [3.05, 3.63) is 92.9 Å². The van der Waals surface area contributed by atoms with Crippen LogP contribution in [0.25, 0.3) is 11.1 Å². The molecule has 9 heteroatoms. The van der Waals surface area contributed by atoms with Crippen molar-refractivity contribution in [2.75, 3.05) is 6.54 Å². The lowest BCUT2D eigenvalue weighted by Gasteiger charge is -2.20. The van der Waals surface area contributed by atoms with E-state index in [0.717, 1.165) is 36.2 Å². The predicted octanol–water partition coefficient (Wildman–Crippen LogP) is 5.48. The highest BCUT2D eigenvalue weighted by Crippen LogP contribution is 2.32. The van der Waals surface area contributed by atoms with Crippen molar-refractivity contribution in [2.24, 2.45) is 0 Å². The molecule has 6 nitrogen and oxygen atoms in total. The van der Waals surface area contributed by atoms with E-state index in [2.05, 4.69) is 5.32 Å². The Balaban J connectivity index is 1.58. The zero-order chi connectivity index (χ0) is 27.6. The van der Waals surface area contributed by atoms with Crippen LogP contribution in [-0.4, -0.2) is 27.8 Å². The molecular formula is C29H30F3N3O3. The lowest BCUT2D eigenvalue weighted by atomic mass is 9.98. The third-order valence-electron chi connectivity index (χ3n) is 6.79. The number of nitrogens with one attached hydrogen (secondary N) is 1. The van der Waals surface area contributed by atoms with Gasteiger partial charge in [0.15, 0.2) is 0 Å². The van der Waals surface area contributed by atoms with E-state index < -0.39 is 23.1 Å². The van der Waals surface area contributed by atoms with E-state index in [1.807, 2.05) is 43.0 Å². The van der Waals surface area contributed by atoms with Gasteiger partial charge in [-0.15, -0.1) is 0 Å². The first-order valence-electron chi connectivity index (χ1n) is 12.5. The SMILES string of the molecule is Cc1c(-c2cccc(C(F)(F)F)c2)c(=O)c(C(=O)NCc2ccc(CN3CCCC3=O)cc2)cn1C(C)C. The van der Waals surface area contributed by atoms with Gasteiger partial charge < -0.3 is 14.8 Å². The molecule has 2 aromatic carbocycles. The van der Waals surface area contributed by atoms with Crippen LogP contribution in [0.4, 0.5) is 13.2 Å². The number of hydrogen-bond acceptors (Lipinski definition) is 3. The standard InChI is InChI=1S/C29H30F3N3O3/c1-18(2)35-17-24(27(37)26(19(35)3)22-6-4-7-23(14-22)29(30,31)32)28(38)33-15-20-9-11-21(12-10-20)16-34-13-5-8-25(34)36/h4,6-7,9-12,14,17-18H,5,8,13,15-16H2,1-3H3,(H,33,38). The molecule has 0 saturated carbocycles. The fourth-order valence-electron chi connectivity index (χ4n) is 4.74. The monoisotopic (exact) mass is 525 g/mol. The van der Waals surface area contributed by atoms with Gasteiger partial charge in [-0.3, -0.25) is 14.4 Å². The zero-order valence-corrected chi connectivity index (χ0v) is 21.6. The molecule has 1 fully saturated rings. The number of halogens is 3. The Morgan fingerprint density at radius 1 is 1.05 bits per heavy atom. The third-order valence-corrected chi connectivity index (χ3v) is 6.79. The molecule has 4 rings (SSSR count). The van der Waals surface area contributed by atoms with Crippen LogP contribution >= 0.6 is 0 Å². The molecule has 0 aliphatic carbocycles. The van der Waals surface area contributed by atoms with Gasteiger partial charge in [0.1, 0.15) is 5.56 Å². The number of aromatic nitrogens is 1. The minimum absolute atomic E-state index is 0.0678. The molecule has 1 aliphatic heterocycles. The van der Waals surface area contributed by atoms with Crippen LogP contribution in [0, 0.1) is 6.92 Å². The summed E-state index contributed by atoms with van der Waals surface area (Å²) in [5.74, 6) is -0.458. The summed E-state index contributed by atoms with van der Waals surface area (Å²) in [6, 6.07) is 12.0. The van der Waals surface area contributed by atoms with E-state index in [-0.39, 0.29) is 35.2 Å². The van der Waals surface area contributed by atoms with Crippen LogP contribution < -0.4 is 10.7 Å². The van der Waals surface area contributed by atoms with Gasteiger partial charge >= 0.3 is 6.18 Å². The summed E-state index contributed by atoms with van der Waals surface area (Å²) in [5.41, 5.74) is 0.827. The Hall–Kier alpha value is -3.88. The second kappa shape index (κ2) is 10.8. The Kier molecular flexibility index (Phi) is 7.76. The molecule has 1 saturated heterocycles. The summed E-state index contributed by atoms with van der Waals surface area (Å²) in [7, 11) is 0. The van der Waals surface area contributed by atoms with E-state index in [0.29, 0.717) is 18.7 Å². The maximum atomic E-state index is 13.4. The Labute approximate surface area is 219 Å². The maximum absolute atomic E-state index is 13.4. The quantitative estimate of drug-likeness (QED) is 0.444. The van der Waals surface area contributed by atoms with Gasteiger partial charge in [0.25, 0.3) is 5.91 Å². The van der Waals surface area contributed by atoms with Crippen LogP contribution in [0.2, 0.25) is 0 Å². The molecule has 2 heterocycles. The molecule has 0 unspecified atom stereocenters. The highest BCUT2D eigenvalue weighted by molar-refractivity contribution is 5.95. The summed E-state index contributed by atoms with van der Waals surface area (Å²) >= 11 is 0. The van der Waals surface area contributed by atoms with E-state index in [1.165, 1.54) is 18.3 Å². The summed E-state index contributed by atoms with van der Waals surface area (Å²) in [5, 5.41) is 2.76. The number of amides is 2. The number of nitrogens with zero attached hydrogens (tertiary/aromatic N) is 2. The fraction of sp³-hybridized carbons (Fsp3) is 0.345. The lowest BCUT2D eigenvalue weighted by molar-refractivity contribution is -0.137. The summed E-state index contributed by atoms with van der Waals surface area (Å²) in [6.07, 6.45) is -1.65. The largest absolute Gasteiger partial charge is 0.416 e. The van der Waals surface area contributed by atoms with Crippen LogP contribution in [0.3, 0.4) is 0 Å². The summed E-state index contributed by atoms with van der Waals surface area (Å²) in [6.45, 7) is 6.86. The normalized spacial score (nSPS) is 13.9. The lowest BCUT2D eigenvalue weighted by Crippen LogP contribution is -2.31. The fourth-order valence-corrected chi connectivity index (χ4v) is 4.74. The predicted molar refractivity (Wildman–Crippen MR) is 139 cm³/mol. The minimum Gasteiger partial charge on any atom is -0.348 e. The molecule has 38 heavy (non-hydrogen) atoms. The minimum atomic E-state index is -4.56. The first kappa shape index (κ1) is 27.2. The topological polar surface area (TPSA) is 71.4 Å². The van der Waals surface area contributed by atoms with Crippen molar-refractivity contribution >= 4 is 11.8 Å². The highest BCUT2D eigenvalue weighted by Gasteiger charge is 2.31. The summed E-state index contributed by atoms with van der Waals surface area (Å²) < 4.78 is 41.7. The second-order valence-electron chi connectivity index (χ2n) is 9.83. The average Bonchev–Trinajstić information content (AvgIpc) is 3.27. The van der Waals surface area contributed by atoms with Crippen molar-refractivity contribution in [1.29, 1.82) is 0 Å². The maximum Gasteiger partial charge on any atom is 0.416 e. The molecule has 1 N–H and O–H groups in total. The molecule has 1 aliphatic rings. The van der Waals surface area contributed by atoms with E-state index in [1.54, 1.807) is 11.5 Å². The van der Waals surface area contributed by atoms with Gasteiger partial charge in [0.2, 0.25) is 11.3 Å². The van der Waals surface area contributed by atoms with Crippen molar-refractivity contribution in [1.82, 2.24) is 14.8 Å². The molecule has 0 radical (unpaired) electrons.